The Hall–Kier alpha value is -1.86. The summed E-state index contributed by atoms with van der Waals surface area (Å²) < 4.78 is 13.4. The molecule has 114 valence electrons. The number of halogens is 1. The molecule has 1 rings (SSSR count). The first-order valence-electron chi connectivity index (χ1n) is 7.13. The summed E-state index contributed by atoms with van der Waals surface area (Å²) in [5.74, 6) is 5.55. The van der Waals surface area contributed by atoms with E-state index in [0.717, 1.165) is 0 Å². The monoisotopic (exact) mass is 291 g/mol. The zero-order valence-corrected chi connectivity index (χ0v) is 12.7. The third-order valence-electron chi connectivity index (χ3n) is 3.41. The van der Waals surface area contributed by atoms with Crippen molar-refractivity contribution in [2.45, 2.75) is 27.2 Å². The molecule has 1 aromatic rings. The van der Waals surface area contributed by atoms with Crippen LogP contribution in [0, 0.1) is 29.5 Å². The largest absolute Gasteiger partial charge is 0.395 e. The minimum absolute atomic E-state index is 0.0401. The van der Waals surface area contributed by atoms with Crippen molar-refractivity contribution in [3.8, 4) is 11.8 Å². The number of carbonyl (C=O) groups is 1. The molecule has 0 saturated carbocycles. The Morgan fingerprint density at radius 1 is 1.38 bits per heavy atom. The minimum Gasteiger partial charge on any atom is -0.395 e. The zero-order valence-electron chi connectivity index (χ0n) is 12.7. The molecule has 0 fully saturated rings. The smallest absolute Gasteiger partial charge is 0.252 e. The van der Waals surface area contributed by atoms with Gasteiger partial charge >= 0.3 is 0 Å². The first kappa shape index (κ1) is 17.2. The number of carbonyl (C=O) groups excluding carboxylic acids is 1. The van der Waals surface area contributed by atoms with Gasteiger partial charge in [0, 0.05) is 18.5 Å². The van der Waals surface area contributed by atoms with Crippen molar-refractivity contribution in [2.75, 3.05) is 13.2 Å². The maximum atomic E-state index is 13.4. The molecule has 0 aliphatic rings. The highest BCUT2D eigenvalue weighted by Gasteiger charge is 2.14. The summed E-state index contributed by atoms with van der Waals surface area (Å²) in [4.78, 5) is 12.2. The summed E-state index contributed by atoms with van der Waals surface area (Å²) in [6, 6.07) is 3.95. The lowest BCUT2D eigenvalue weighted by molar-refractivity contribution is 0.0944. The van der Waals surface area contributed by atoms with E-state index in [9.17, 15) is 9.18 Å². The van der Waals surface area contributed by atoms with Crippen LogP contribution in [0.25, 0.3) is 0 Å². The van der Waals surface area contributed by atoms with Gasteiger partial charge in [0.25, 0.3) is 5.91 Å². The van der Waals surface area contributed by atoms with Crippen molar-refractivity contribution < 1.29 is 14.3 Å². The lowest BCUT2D eigenvalue weighted by Gasteiger charge is -2.16. The van der Waals surface area contributed by atoms with Crippen LogP contribution < -0.4 is 5.32 Å². The van der Waals surface area contributed by atoms with Gasteiger partial charge in [-0.25, -0.2) is 4.39 Å². The van der Waals surface area contributed by atoms with E-state index in [1.807, 2.05) is 0 Å². The van der Waals surface area contributed by atoms with Gasteiger partial charge in [0.2, 0.25) is 0 Å². The second kappa shape index (κ2) is 8.43. The number of rotatable bonds is 5. The highest BCUT2D eigenvalue weighted by molar-refractivity contribution is 5.96. The van der Waals surface area contributed by atoms with Gasteiger partial charge in [-0.3, -0.25) is 4.79 Å². The molecule has 21 heavy (non-hydrogen) atoms. The summed E-state index contributed by atoms with van der Waals surface area (Å²) in [7, 11) is 0. The molecular formula is C17H22FNO2. The van der Waals surface area contributed by atoms with Gasteiger partial charge in [-0.2, -0.15) is 0 Å². The summed E-state index contributed by atoms with van der Waals surface area (Å²) in [5, 5.41) is 11.5. The van der Waals surface area contributed by atoms with Crippen molar-refractivity contribution >= 4 is 5.91 Å². The van der Waals surface area contributed by atoms with E-state index in [0.29, 0.717) is 30.4 Å². The van der Waals surface area contributed by atoms with Gasteiger partial charge in [-0.15, -0.1) is 0 Å². The Kier molecular flexibility index (Phi) is 6.90. The molecule has 0 aromatic heterocycles. The van der Waals surface area contributed by atoms with Crippen LogP contribution in [0.5, 0.6) is 0 Å². The van der Waals surface area contributed by atoms with Crippen molar-refractivity contribution in [1.29, 1.82) is 0 Å². The lowest BCUT2D eigenvalue weighted by Crippen LogP contribution is -2.30. The van der Waals surface area contributed by atoms with E-state index in [4.69, 9.17) is 5.11 Å². The standard InChI is InChI=1S/C17H22FNO2/c1-12(2)13(3)11-19-17(21)16-10-15(18)8-7-14(16)6-4-5-9-20/h7-8,10,12-13,20H,5,9,11H2,1-3H3,(H,19,21). The number of amides is 1. The number of benzene rings is 1. The molecule has 0 radical (unpaired) electrons. The molecule has 0 aliphatic heterocycles. The Bertz CT molecular complexity index is 543. The number of hydrogen-bond donors (Lipinski definition) is 2. The van der Waals surface area contributed by atoms with Crippen molar-refractivity contribution in [3.63, 3.8) is 0 Å². The van der Waals surface area contributed by atoms with E-state index in [1.165, 1.54) is 18.2 Å². The van der Waals surface area contributed by atoms with E-state index in [-0.39, 0.29) is 18.1 Å². The Morgan fingerprint density at radius 3 is 2.71 bits per heavy atom. The van der Waals surface area contributed by atoms with E-state index < -0.39 is 5.82 Å². The molecule has 1 atom stereocenters. The molecule has 1 aromatic carbocycles. The van der Waals surface area contributed by atoms with Gasteiger partial charge in [0.1, 0.15) is 5.82 Å². The van der Waals surface area contributed by atoms with Crippen LogP contribution >= 0.6 is 0 Å². The normalized spacial score (nSPS) is 11.7. The highest BCUT2D eigenvalue weighted by Crippen LogP contribution is 2.12. The van der Waals surface area contributed by atoms with Crippen LogP contribution in [0.1, 0.15) is 43.1 Å². The average molecular weight is 291 g/mol. The predicted octanol–water partition coefficient (Wildman–Crippen LogP) is 2.58. The maximum absolute atomic E-state index is 13.4. The van der Waals surface area contributed by atoms with Crippen LogP contribution in [0.2, 0.25) is 0 Å². The Labute approximate surface area is 125 Å². The third kappa shape index (κ3) is 5.57. The fraction of sp³-hybridized carbons (Fsp3) is 0.471. The predicted molar refractivity (Wildman–Crippen MR) is 81.3 cm³/mol. The van der Waals surface area contributed by atoms with Crippen molar-refractivity contribution in [1.82, 2.24) is 5.32 Å². The van der Waals surface area contributed by atoms with Gasteiger partial charge in [-0.1, -0.05) is 32.6 Å². The molecule has 0 bridgehead atoms. The molecule has 3 nitrogen and oxygen atoms in total. The summed E-state index contributed by atoms with van der Waals surface area (Å²) >= 11 is 0. The van der Waals surface area contributed by atoms with Crippen LogP contribution in [0.3, 0.4) is 0 Å². The first-order valence-corrected chi connectivity index (χ1v) is 7.13. The minimum atomic E-state index is -0.468. The molecule has 0 heterocycles. The molecule has 0 aliphatic carbocycles. The molecule has 0 saturated heterocycles. The SMILES string of the molecule is CC(C)C(C)CNC(=O)c1cc(F)ccc1C#CCCO. The van der Waals surface area contributed by atoms with Gasteiger partial charge < -0.3 is 10.4 Å². The average Bonchev–Trinajstić information content (AvgIpc) is 2.45. The molecule has 0 spiro atoms. The molecule has 1 unspecified atom stereocenters. The number of aliphatic hydroxyl groups is 1. The number of aliphatic hydroxyl groups excluding tert-OH is 1. The number of nitrogens with one attached hydrogen (secondary N) is 1. The van der Waals surface area contributed by atoms with E-state index >= 15 is 0 Å². The van der Waals surface area contributed by atoms with E-state index in [1.54, 1.807) is 0 Å². The van der Waals surface area contributed by atoms with Crippen LogP contribution in [0.15, 0.2) is 18.2 Å². The quantitative estimate of drug-likeness (QED) is 0.819. The van der Waals surface area contributed by atoms with Gasteiger partial charge in [0.05, 0.1) is 12.2 Å². The van der Waals surface area contributed by atoms with Crippen LogP contribution in [0.4, 0.5) is 4.39 Å². The summed E-state index contributed by atoms with van der Waals surface area (Å²) in [6.45, 7) is 6.73. The van der Waals surface area contributed by atoms with Crippen LogP contribution in [-0.4, -0.2) is 24.2 Å². The molecular weight excluding hydrogens is 269 g/mol. The zero-order chi connectivity index (χ0) is 15.8. The Balaban J connectivity index is 2.87. The fourth-order valence-electron chi connectivity index (χ4n) is 1.61. The molecule has 2 N–H and O–H groups in total. The summed E-state index contributed by atoms with van der Waals surface area (Å²) in [6.07, 6.45) is 0.322. The second-order valence-electron chi connectivity index (χ2n) is 5.40. The Morgan fingerprint density at radius 2 is 2.10 bits per heavy atom. The lowest BCUT2D eigenvalue weighted by atomic mass is 9.98. The van der Waals surface area contributed by atoms with Crippen LogP contribution in [-0.2, 0) is 0 Å². The topological polar surface area (TPSA) is 49.3 Å². The number of hydrogen-bond acceptors (Lipinski definition) is 2. The second-order valence-corrected chi connectivity index (χ2v) is 5.40. The highest BCUT2D eigenvalue weighted by atomic mass is 19.1. The summed E-state index contributed by atoms with van der Waals surface area (Å²) in [5.41, 5.74) is 0.705. The maximum Gasteiger partial charge on any atom is 0.252 e. The fourth-order valence-corrected chi connectivity index (χ4v) is 1.61. The molecule has 4 heteroatoms. The third-order valence-corrected chi connectivity index (χ3v) is 3.41. The van der Waals surface area contributed by atoms with Gasteiger partial charge in [-0.05, 0) is 30.0 Å². The first-order chi connectivity index (χ1) is 9.95. The van der Waals surface area contributed by atoms with Crippen molar-refractivity contribution in [3.05, 3.63) is 35.1 Å². The molecule has 1 amide bonds. The van der Waals surface area contributed by atoms with E-state index in [2.05, 4.69) is 37.9 Å². The van der Waals surface area contributed by atoms with Gasteiger partial charge in [0.15, 0.2) is 0 Å². The van der Waals surface area contributed by atoms with Crippen molar-refractivity contribution in [2.24, 2.45) is 11.8 Å².